The second-order valence-corrected chi connectivity index (χ2v) is 5.39. The van der Waals surface area contributed by atoms with Gasteiger partial charge in [-0.2, -0.15) is 0 Å². The van der Waals surface area contributed by atoms with E-state index in [0.29, 0.717) is 10.6 Å². The highest BCUT2D eigenvalue weighted by Gasteiger charge is 2.20. The zero-order valence-electron chi connectivity index (χ0n) is 10.9. The smallest absolute Gasteiger partial charge is 0.336 e. The van der Waals surface area contributed by atoms with Crippen LogP contribution in [0.1, 0.15) is 22.8 Å². The molecule has 1 heterocycles. The first-order valence-electron chi connectivity index (χ1n) is 6.37. The van der Waals surface area contributed by atoms with Gasteiger partial charge in [0.1, 0.15) is 11.9 Å². The van der Waals surface area contributed by atoms with Gasteiger partial charge in [0.2, 0.25) is 0 Å². The SMILES string of the molecule is CC1Cc2cc(-c3ccc(Cl)cc3C(=O)O)ccc2O1. The highest BCUT2D eigenvalue weighted by molar-refractivity contribution is 6.31. The van der Waals surface area contributed by atoms with Crippen molar-refractivity contribution in [2.45, 2.75) is 19.4 Å². The number of hydrogen-bond donors (Lipinski definition) is 1. The van der Waals surface area contributed by atoms with Crippen molar-refractivity contribution in [3.8, 4) is 16.9 Å². The van der Waals surface area contributed by atoms with Crippen molar-refractivity contribution < 1.29 is 14.6 Å². The quantitative estimate of drug-likeness (QED) is 0.907. The van der Waals surface area contributed by atoms with Crippen molar-refractivity contribution in [2.75, 3.05) is 0 Å². The third-order valence-corrected chi connectivity index (χ3v) is 3.65. The van der Waals surface area contributed by atoms with Crippen LogP contribution in [0.15, 0.2) is 36.4 Å². The summed E-state index contributed by atoms with van der Waals surface area (Å²) in [5.41, 5.74) is 2.87. The normalized spacial score (nSPS) is 16.6. The fourth-order valence-corrected chi connectivity index (χ4v) is 2.71. The maximum atomic E-state index is 11.3. The minimum Gasteiger partial charge on any atom is -0.490 e. The Morgan fingerprint density at radius 2 is 2.10 bits per heavy atom. The molecule has 0 fully saturated rings. The van der Waals surface area contributed by atoms with Crippen LogP contribution in [0.3, 0.4) is 0 Å². The van der Waals surface area contributed by atoms with Crippen molar-refractivity contribution in [3.05, 3.63) is 52.5 Å². The van der Waals surface area contributed by atoms with Gasteiger partial charge in [-0.05, 0) is 47.9 Å². The van der Waals surface area contributed by atoms with E-state index in [1.165, 1.54) is 6.07 Å². The molecule has 2 aromatic rings. The molecule has 3 nitrogen and oxygen atoms in total. The highest BCUT2D eigenvalue weighted by atomic mass is 35.5. The molecule has 0 amide bonds. The van der Waals surface area contributed by atoms with E-state index in [-0.39, 0.29) is 11.7 Å². The average molecular weight is 289 g/mol. The van der Waals surface area contributed by atoms with Crippen LogP contribution in [0.25, 0.3) is 11.1 Å². The van der Waals surface area contributed by atoms with Gasteiger partial charge < -0.3 is 9.84 Å². The summed E-state index contributed by atoms with van der Waals surface area (Å²) in [5.74, 6) is -0.0975. The van der Waals surface area contributed by atoms with Crippen LogP contribution < -0.4 is 4.74 Å². The Bertz CT molecular complexity index is 694. The first-order chi connectivity index (χ1) is 9.54. The molecule has 102 valence electrons. The molecule has 3 rings (SSSR count). The van der Waals surface area contributed by atoms with Crippen molar-refractivity contribution in [2.24, 2.45) is 0 Å². The van der Waals surface area contributed by atoms with Crippen molar-refractivity contribution in [1.29, 1.82) is 0 Å². The second-order valence-electron chi connectivity index (χ2n) is 4.95. The Labute approximate surface area is 121 Å². The zero-order chi connectivity index (χ0) is 14.3. The number of carboxylic acid groups (broad SMARTS) is 1. The molecule has 1 aliphatic rings. The van der Waals surface area contributed by atoms with Gasteiger partial charge in [-0.3, -0.25) is 0 Å². The summed E-state index contributed by atoms with van der Waals surface area (Å²) in [7, 11) is 0. The van der Waals surface area contributed by atoms with Crippen LogP contribution >= 0.6 is 11.6 Å². The van der Waals surface area contributed by atoms with Crippen LogP contribution in [0.5, 0.6) is 5.75 Å². The molecule has 0 bridgehead atoms. The minimum atomic E-state index is -0.979. The molecular weight excluding hydrogens is 276 g/mol. The van der Waals surface area contributed by atoms with Gasteiger partial charge in [-0.15, -0.1) is 0 Å². The topological polar surface area (TPSA) is 46.5 Å². The number of fused-ring (bicyclic) bond motifs is 1. The van der Waals surface area contributed by atoms with E-state index in [9.17, 15) is 9.90 Å². The minimum absolute atomic E-state index is 0.171. The third-order valence-electron chi connectivity index (χ3n) is 3.42. The maximum absolute atomic E-state index is 11.3. The monoisotopic (exact) mass is 288 g/mol. The van der Waals surface area contributed by atoms with Gasteiger partial charge in [0, 0.05) is 11.4 Å². The molecule has 1 atom stereocenters. The summed E-state index contributed by atoms with van der Waals surface area (Å²) in [6, 6.07) is 10.7. The number of carboxylic acids is 1. The van der Waals surface area contributed by atoms with Gasteiger partial charge in [0.05, 0.1) is 5.56 Å². The van der Waals surface area contributed by atoms with E-state index in [0.717, 1.165) is 23.3 Å². The summed E-state index contributed by atoms with van der Waals surface area (Å²) in [4.78, 5) is 11.3. The Morgan fingerprint density at radius 1 is 1.30 bits per heavy atom. The highest BCUT2D eigenvalue weighted by Crippen LogP contribution is 2.34. The zero-order valence-corrected chi connectivity index (χ0v) is 11.6. The van der Waals surface area contributed by atoms with Gasteiger partial charge in [0.15, 0.2) is 0 Å². The third kappa shape index (κ3) is 2.25. The molecule has 0 aromatic heterocycles. The Kier molecular flexibility index (Phi) is 3.14. The Morgan fingerprint density at radius 3 is 2.85 bits per heavy atom. The number of ether oxygens (including phenoxy) is 1. The first-order valence-corrected chi connectivity index (χ1v) is 6.75. The van der Waals surface area contributed by atoms with E-state index in [4.69, 9.17) is 16.3 Å². The van der Waals surface area contributed by atoms with E-state index in [1.54, 1.807) is 12.1 Å². The molecular formula is C16H13ClO3. The van der Waals surface area contributed by atoms with Gasteiger partial charge in [-0.1, -0.05) is 23.7 Å². The number of rotatable bonds is 2. The predicted molar refractivity (Wildman–Crippen MR) is 77.6 cm³/mol. The van der Waals surface area contributed by atoms with Crippen LogP contribution in [0.2, 0.25) is 5.02 Å². The number of halogens is 1. The molecule has 0 saturated heterocycles. The number of carbonyl (C=O) groups is 1. The summed E-state index contributed by atoms with van der Waals surface area (Å²) in [6.07, 6.45) is 1.02. The lowest BCUT2D eigenvalue weighted by Gasteiger charge is -2.08. The fourth-order valence-electron chi connectivity index (χ4n) is 2.53. The summed E-state index contributed by atoms with van der Waals surface area (Å²) >= 11 is 5.88. The molecule has 0 radical (unpaired) electrons. The van der Waals surface area contributed by atoms with Crippen molar-refractivity contribution >= 4 is 17.6 Å². The van der Waals surface area contributed by atoms with Crippen LogP contribution in [0, 0.1) is 0 Å². The first kappa shape index (κ1) is 13.0. The fraction of sp³-hybridized carbons (Fsp3) is 0.188. The average Bonchev–Trinajstić information content (AvgIpc) is 2.77. The van der Waals surface area contributed by atoms with E-state index in [2.05, 4.69) is 0 Å². The largest absolute Gasteiger partial charge is 0.490 e. The molecule has 0 saturated carbocycles. The molecule has 1 N–H and O–H groups in total. The summed E-state index contributed by atoms with van der Waals surface area (Å²) < 4.78 is 5.66. The molecule has 0 spiro atoms. The Hall–Kier alpha value is -2.00. The predicted octanol–water partition coefficient (Wildman–Crippen LogP) is 4.03. The number of benzene rings is 2. The number of hydrogen-bond acceptors (Lipinski definition) is 2. The lowest BCUT2D eigenvalue weighted by molar-refractivity contribution is 0.0697. The lowest BCUT2D eigenvalue weighted by Crippen LogP contribution is -2.05. The summed E-state index contributed by atoms with van der Waals surface area (Å²) in [5, 5.41) is 9.72. The van der Waals surface area contributed by atoms with E-state index in [1.807, 2.05) is 25.1 Å². The van der Waals surface area contributed by atoms with Gasteiger partial charge in [0.25, 0.3) is 0 Å². The molecule has 4 heteroatoms. The molecule has 1 unspecified atom stereocenters. The van der Waals surface area contributed by atoms with E-state index < -0.39 is 5.97 Å². The van der Waals surface area contributed by atoms with Crippen LogP contribution in [-0.4, -0.2) is 17.2 Å². The van der Waals surface area contributed by atoms with Gasteiger partial charge >= 0.3 is 5.97 Å². The Balaban J connectivity index is 2.11. The maximum Gasteiger partial charge on any atom is 0.336 e. The second kappa shape index (κ2) is 4.84. The van der Waals surface area contributed by atoms with E-state index >= 15 is 0 Å². The lowest BCUT2D eigenvalue weighted by atomic mass is 9.97. The molecule has 20 heavy (non-hydrogen) atoms. The molecule has 1 aliphatic heterocycles. The summed E-state index contributed by atoms with van der Waals surface area (Å²) in [6.45, 7) is 2.02. The standard InChI is InChI=1S/C16H13ClO3/c1-9-6-11-7-10(2-5-15(11)20-9)13-4-3-12(17)8-14(13)16(18)19/h2-5,7-9H,6H2,1H3,(H,18,19). The number of aromatic carboxylic acids is 1. The molecule has 2 aromatic carbocycles. The van der Waals surface area contributed by atoms with Gasteiger partial charge in [-0.25, -0.2) is 4.79 Å². The van der Waals surface area contributed by atoms with Crippen molar-refractivity contribution in [1.82, 2.24) is 0 Å². The van der Waals surface area contributed by atoms with Crippen LogP contribution in [0.4, 0.5) is 0 Å². The molecule has 0 aliphatic carbocycles. The van der Waals surface area contributed by atoms with Crippen molar-refractivity contribution in [3.63, 3.8) is 0 Å². The van der Waals surface area contributed by atoms with Crippen LogP contribution in [-0.2, 0) is 6.42 Å².